The normalized spacial score (nSPS) is 11.4. The van der Waals surface area contributed by atoms with Gasteiger partial charge < -0.3 is 25.3 Å². The average Bonchev–Trinajstić information content (AvgIpc) is 2.78. The second-order valence-corrected chi connectivity index (χ2v) is 6.74. The smallest absolute Gasteiger partial charge is 0.240 e. The SMILES string of the molecule is COc1ccc(C[C@H](Nc2cccc(-c3ccccc3)c2)C(N)=O)c(OC)c1OC. The molecule has 3 aromatic carbocycles. The van der Waals surface area contributed by atoms with Crippen molar-refractivity contribution < 1.29 is 19.0 Å². The zero-order valence-electron chi connectivity index (χ0n) is 17.3. The van der Waals surface area contributed by atoms with Gasteiger partial charge in [-0.15, -0.1) is 0 Å². The number of carbonyl (C=O) groups is 1. The molecule has 3 rings (SSSR count). The van der Waals surface area contributed by atoms with E-state index < -0.39 is 11.9 Å². The van der Waals surface area contributed by atoms with Crippen molar-refractivity contribution in [3.05, 3.63) is 72.3 Å². The molecule has 0 saturated carbocycles. The van der Waals surface area contributed by atoms with Crippen LogP contribution in [-0.2, 0) is 11.2 Å². The van der Waals surface area contributed by atoms with E-state index in [0.29, 0.717) is 23.7 Å². The van der Waals surface area contributed by atoms with Gasteiger partial charge in [0.05, 0.1) is 21.3 Å². The summed E-state index contributed by atoms with van der Waals surface area (Å²) >= 11 is 0. The van der Waals surface area contributed by atoms with Crippen LogP contribution in [0.15, 0.2) is 66.7 Å². The third-order valence-electron chi connectivity index (χ3n) is 4.86. The molecule has 3 aromatic rings. The van der Waals surface area contributed by atoms with Crippen LogP contribution in [0.2, 0.25) is 0 Å². The maximum absolute atomic E-state index is 12.2. The largest absolute Gasteiger partial charge is 0.493 e. The first kappa shape index (κ1) is 21.0. The first-order valence-corrected chi connectivity index (χ1v) is 9.56. The zero-order chi connectivity index (χ0) is 21.5. The summed E-state index contributed by atoms with van der Waals surface area (Å²) in [5.74, 6) is 1.09. The molecule has 0 saturated heterocycles. The Balaban J connectivity index is 1.87. The number of hydrogen-bond acceptors (Lipinski definition) is 5. The lowest BCUT2D eigenvalue weighted by Crippen LogP contribution is -2.37. The molecule has 0 heterocycles. The Kier molecular flexibility index (Phi) is 6.80. The van der Waals surface area contributed by atoms with Crippen molar-refractivity contribution in [2.45, 2.75) is 12.5 Å². The van der Waals surface area contributed by atoms with Crippen LogP contribution < -0.4 is 25.3 Å². The molecule has 0 radical (unpaired) electrons. The number of hydrogen-bond donors (Lipinski definition) is 2. The minimum Gasteiger partial charge on any atom is -0.493 e. The van der Waals surface area contributed by atoms with E-state index in [1.807, 2.05) is 60.7 Å². The summed E-state index contributed by atoms with van der Waals surface area (Å²) < 4.78 is 16.3. The van der Waals surface area contributed by atoms with Crippen LogP contribution in [-0.4, -0.2) is 33.3 Å². The predicted molar refractivity (Wildman–Crippen MR) is 118 cm³/mol. The van der Waals surface area contributed by atoms with Crippen molar-refractivity contribution >= 4 is 11.6 Å². The fourth-order valence-electron chi connectivity index (χ4n) is 3.39. The van der Waals surface area contributed by atoms with E-state index in [1.165, 1.54) is 0 Å². The quantitative estimate of drug-likeness (QED) is 0.563. The molecule has 3 N–H and O–H groups in total. The molecule has 0 bridgehead atoms. The molecular formula is C24H26N2O4. The molecule has 0 fully saturated rings. The molecule has 0 unspecified atom stereocenters. The van der Waals surface area contributed by atoms with Crippen LogP contribution in [0.5, 0.6) is 17.2 Å². The van der Waals surface area contributed by atoms with E-state index in [0.717, 1.165) is 22.4 Å². The van der Waals surface area contributed by atoms with Gasteiger partial charge in [-0.3, -0.25) is 4.79 Å². The second kappa shape index (κ2) is 9.69. The van der Waals surface area contributed by atoms with Gasteiger partial charge in [-0.25, -0.2) is 0 Å². The van der Waals surface area contributed by atoms with Crippen molar-refractivity contribution in [2.24, 2.45) is 5.73 Å². The molecule has 6 nitrogen and oxygen atoms in total. The highest BCUT2D eigenvalue weighted by Crippen LogP contribution is 2.40. The van der Waals surface area contributed by atoms with Gasteiger partial charge in [-0.2, -0.15) is 0 Å². The van der Waals surface area contributed by atoms with E-state index in [4.69, 9.17) is 19.9 Å². The molecule has 6 heteroatoms. The first-order chi connectivity index (χ1) is 14.6. The standard InChI is InChI=1S/C24H26N2O4/c1-28-21-13-12-18(22(29-2)23(21)30-3)15-20(24(25)27)26-19-11-7-10-17(14-19)16-8-5-4-6-9-16/h4-14,20,26H,15H2,1-3H3,(H2,25,27)/t20-/m0/s1. The number of methoxy groups -OCH3 is 3. The van der Waals surface area contributed by atoms with Crippen LogP contribution in [0, 0.1) is 0 Å². The first-order valence-electron chi connectivity index (χ1n) is 9.56. The fraction of sp³-hybridized carbons (Fsp3) is 0.208. The van der Waals surface area contributed by atoms with E-state index in [-0.39, 0.29) is 0 Å². The van der Waals surface area contributed by atoms with Crippen LogP contribution in [0.4, 0.5) is 5.69 Å². The minimum atomic E-state index is -0.636. The number of benzene rings is 3. The molecular weight excluding hydrogens is 380 g/mol. The van der Waals surface area contributed by atoms with E-state index in [1.54, 1.807) is 27.4 Å². The third-order valence-corrected chi connectivity index (χ3v) is 4.86. The van der Waals surface area contributed by atoms with Crippen LogP contribution in [0.1, 0.15) is 5.56 Å². The molecule has 1 amide bonds. The monoisotopic (exact) mass is 406 g/mol. The number of amides is 1. The summed E-state index contributed by atoms with van der Waals surface area (Å²) in [6.07, 6.45) is 0.328. The van der Waals surface area contributed by atoms with Gasteiger partial charge in [0.15, 0.2) is 11.5 Å². The Morgan fingerprint density at radius 1 is 0.867 bits per heavy atom. The van der Waals surface area contributed by atoms with E-state index >= 15 is 0 Å². The lowest BCUT2D eigenvalue weighted by molar-refractivity contribution is -0.118. The Morgan fingerprint density at radius 2 is 1.57 bits per heavy atom. The second-order valence-electron chi connectivity index (χ2n) is 6.74. The van der Waals surface area contributed by atoms with Crippen molar-refractivity contribution in [2.75, 3.05) is 26.6 Å². The average molecular weight is 406 g/mol. The molecule has 30 heavy (non-hydrogen) atoms. The van der Waals surface area contributed by atoms with Gasteiger partial charge in [-0.05, 0) is 29.3 Å². The van der Waals surface area contributed by atoms with Crippen molar-refractivity contribution in [1.29, 1.82) is 0 Å². The number of anilines is 1. The lowest BCUT2D eigenvalue weighted by Gasteiger charge is -2.20. The van der Waals surface area contributed by atoms with Crippen LogP contribution >= 0.6 is 0 Å². The summed E-state index contributed by atoms with van der Waals surface area (Å²) in [7, 11) is 4.66. The number of nitrogens with two attached hydrogens (primary N) is 1. The summed E-state index contributed by atoms with van der Waals surface area (Å²) in [6, 6.07) is 20.9. The predicted octanol–water partition coefficient (Wildman–Crippen LogP) is 3.89. The maximum atomic E-state index is 12.2. The molecule has 0 aliphatic rings. The molecule has 0 aliphatic heterocycles. The topological polar surface area (TPSA) is 82.8 Å². The molecule has 156 valence electrons. The molecule has 1 atom stereocenters. The maximum Gasteiger partial charge on any atom is 0.240 e. The van der Waals surface area contributed by atoms with Crippen molar-refractivity contribution in [1.82, 2.24) is 0 Å². The summed E-state index contributed by atoms with van der Waals surface area (Å²) in [4.78, 5) is 12.2. The van der Waals surface area contributed by atoms with Gasteiger partial charge >= 0.3 is 0 Å². The van der Waals surface area contributed by atoms with Gasteiger partial charge in [0.25, 0.3) is 0 Å². The summed E-state index contributed by atoms with van der Waals surface area (Å²) in [5, 5.41) is 3.25. The Bertz CT molecular complexity index is 1010. The Morgan fingerprint density at radius 3 is 2.20 bits per heavy atom. The Labute approximate surface area is 176 Å². The van der Waals surface area contributed by atoms with Gasteiger partial charge in [0.1, 0.15) is 6.04 Å². The highest BCUT2D eigenvalue weighted by molar-refractivity contribution is 5.84. The molecule has 0 spiro atoms. The summed E-state index contributed by atoms with van der Waals surface area (Å²) in [5.41, 5.74) is 9.43. The highest BCUT2D eigenvalue weighted by Gasteiger charge is 2.22. The summed E-state index contributed by atoms with van der Waals surface area (Å²) in [6.45, 7) is 0. The zero-order valence-corrected chi connectivity index (χ0v) is 17.3. The Hall–Kier alpha value is -3.67. The van der Waals surface area contributed by atoms with Crippen LogP contribution in [0.3, 0.4) is 0 Å². The molecule has 0 aromatic heterocycles. The number of rotatable bonds is 9. The number of ether oxygens (including phenoxy) is 3. The number of carbonyl (C=O) groups excluding carboxylic acids is 1. The lowest BCUT2D eigenvalue weighted by atomic mass is 10.0. The van der Waals surface area contributed by atoms with Crippen molar-refractivity contribution in [3.8, 4) is 28.4 Å². The number of primary amides is 1. The third kappa shape index (κ3) is 4.66. The minimum absolute atomic E-state index is 0.328. The fourth-order valence-corrected chi connectivity index (χ4v) is 3.39. The van der Waals surface area contributed by atoms with Crippen molar-refractivity contribution in [3.63, 3.8) is 0 Å². The highest BCUT2D eigenvalue weighted by atomic mass is 16.5. The van der Waals surface area contributed by atoms with Gasteiger partial charge in [0.2, 0.25) is 11.7 Å². The van der Waals surface area contributed by atoms with Crippen LogP contribution in [0.25, 0.3) is 11.1 Å². The van der Waals surface area contributed by atoms with E-state index in [9.17, 15) is 4.79 Å². The molecule has 0 aliphatic carbocycles. The van der Waals surface area contributed by atoms with Gasteiger partial charge in [0, 0.05) is 17.7 Å². The van der Waals surface area contributed by atoms with Gasteiger partial charge in [-0.1, -0.05) is 48.5 Å². The van der Waals surface area contributed by atoms with E-state index in [2.05, 4.69) is 5.32 Å². The number of nitrogens with one attached hydrogen (secondary N) is 1.